The number of hydrogen-bond donors (Lipinski definition) is 5. The van der Waals surface area contributed by atoms with Gasteiger partial charge < -0.3 is 35.9 Å². The lowest BCUT2D eigenvalue weighted by Gasteiger charge is -2.25. The normalized spacial score (nSPS) is 10.1. The summed E-state index contributed by atoms with van der Waals surface area (Å²) in [4.78, 5) is 57.3. The predicted octanol–water partition coefficient (Wildman–Crippen LogP) is 10.4. The van der Waals surface area contributed by atoms with Crippen molar-refractivity contribution in [3.05, 3.63) is 96.5 Å². The maximum Gasteiger partial charge on any atom is 0.407 e. The molecule has 336 valence electrons. The summed E-state index contributed by atoms with van der Waals surface area (Å²) in [5.74, 6) is -0.00521. The SMILES string of the molecule is C=C(CN(CCC)C(=O)CNC(=O)CCC)N/C(=C\C)c1ccc(-c2ccc(-c3ccc4nc(CNC(=O)CNC(=O)OC)[nH]c4c3)cc2)cc1.CC.CC.CCC.CCC. The number of imidazole rings is 1. The highest BCUT2D eigenvalue weighted by Crippen LogP contribution is 2.28. The first-order valence-corrected chi connectivity index (χ1v) is 21.9. The molecule has 12 heteroatoms. The number of carbonyl (C=O) groups is 4. The minimum Gasteiger partial charge on any atom is -0.453 e. The van der Waals surface area contributed by atoms with Gasteiger partial charge in [-0.05, 0) is 59.7 Å². The Kier molecular flexibility index (Phi) is 29.7. The van der Waals surface area contributed by atoms with E-state index in [0.29, 0.717) is 31.0 Å². The Bertz CT molecular complexity index is 1900. The van der Waals surface area contributed by atoms with Crippen LogP contribution in [0.1, 0.15) is 120 Å². The molecule has 61 heavy (non-hydrogen) atoms. The fourth-order valence-electron chi connectivity index (χ4n) is 5.43. The number of hydrogen-bond acceptors (Lipinski definition) is 7. The minimum atomic E-state index is -0.670. The molecular formula is C49H75N7O5. The van der Waals surface area contributed by atoms with Crippen LogP contribution in [0.4, 0.5) is 4.79 Å². The second kappa shape index (κ2) is 32.9. The molecule has 0 saturated heterocycles. The van der Waals surface area contributed by atoms with Crippen LogP contribution >= 0.6 is 0 Å². The molecule has 0 aliphatic heterocycles. The molecule has 0 spiro atoms. The van der Waals surface area contributed by atoms with Gasteiger partial charge in [0.25, 0.3) is 0 Å². The Morgan fingerprint density at radius 3 is 1.80 bits per heavy atom. The molecule has 5 N–H and O–H groups in total. The van der Waals surface area contributed by atoms with E-state index < -0.39 is 6.09 Å². The average Bonchev–Trinajstić information content (AvgIpc) is 3.70. The van der Waals surface area contributed by atoms with Gasteiger partial charge in [0.2, 0.25) is 17.7 Å². The van der Waals surface area contributed by atoms with E-state index in [2.05, 4.69) is 119 Å². The number of nitrogens with one attached hydrogen (secondary N) is 5. The standard InChI is InChI=1S/C39H47N7O5.2C3H8.2C2H6/c1-6-9-36(47)41-24-38(49)46(20-7-2)25-26(4)43-32(8-3)30-16-14-28(15-17-30)27-10-12-29(13-11-27)31-18-19-33-34(21-31)45-35(44-33)22-40-37(48)23-42-39(50)51-5;2*1-3-2;2*1-2/h8,10-19,21,43H,4,6-7,9,20,22-25H2,1-3,5H3,(H,40,48)(H,41,47)(H,42,50)(H,44,45);2*3H2,1-2H3;2*1-2H3/b32-8-;;;;. The van der Waals surface area contributed by atoms with Crippen molar-refractivity contribution < 1.29 is 23.9 Å². The first-order chi connectivity index (χ1) is 29.5. The molecule has 0 unspecified atom stereocenters. The number of allylic oxidation sites excluding steroid dienone is 1. The third-order valence-electron chi connectivity index (χ3n) is 8.05. The van der Waals surface area contributed by atoms with Gasteiger partial charge >= 0.3 is 6.09 Å². The van der Waals surface area contributed by atoms with Gasteiger partial charge in [-0.15, -0.1) is 0 Å². The smallest absolute Gasteiger partial charge is 0.407 e. The lowest BCUT2D eigenvalue weighted by molar-refractivity contribution is -0.132. The lowest BCUT2D eigenvalue weighted by Crippen LogP contribution is -2.42. The fraction of sp³-hybridized carbons (Fsp3) is 0.449. The van der Waals surface area contributed by atoms with Gasteiger partial charge in [-0.1, -0.05) is 149 Å². The number of fused-ring (bicyclic) bond motifs is 1. The van der Waals surface area contributed by atoms with Gasteiger partial charge in [0, 0.05) is 24.4 Å². The van der Waals surface area contributed by atoms with E-state index >= 15 is 0 Å². The van der Waals surface area contributed by atoms with Crippen molar-refractivity contribution in [2.24, 2.45) is 0 Å². The molecule has 3 aromatic carbocycles. The fourth-order valence-corrected chi connectivity index (χ4v) is 5.43. The zero-order chi connectivity index (χ0) is 46.2. The third-order valence-corrected chi connectivity index (χ3v) is 8.05. The molecule has 1 aromatic heterocycles. The monoisotopic (exact) mass is 842 g/mol. The molecule has 0 aliphatic rings. The number of amides is 4. The average molecular weight is 842 g/mol. The first kappa shape index (κ1) is 55.1. The van der Waals surface area contributed by atoms with Gasteiger partial charge in [-0.2, -0.15) is 0 Å². The van der Waals surface area contributed by atoms with Crippen LogP contribution in [0.3, 0.4) is 0 Å². The van der Waals surface area contributed by atoms with Gasteiger partial charge in [-0.3, -0.25) is 14.4 Å². The summed E-state index contributed by atoms with van der Waals surface area (Å²) in [5.41, 5.74) is 8.41. The molecule has 0 saturated carbocycles. The highest BCUT2D eigenvalue weighted by Gasteiger charge is 2.16. The van der Waals surface area contributed by atoms with Gasteiger partial charge in [0.05, 0.1) is 37.8 Å². The van der Waals surface area contributed by atoms with Gasteiger partial charge in [0.1, 0.15) is 12.4 Å². The van der Waals surface area contributed by atoms with Crippen molar-refractivity contribution in [2.75, 3.05) is 33.3 Å². The number of rotatable bonds is 17. The quantitative estimate of drug-likeness (QED) is 0.0708. The van der Waals surface area contributed by atoms with Crippen LogP contribution < -0.4 is 21.3 Å². The molecular weight excluding hydrogens is 767 g/mol. The molecule has 12 nitrogen and oxygen atoms in total. The van der Waals surface area contributed by atoms with Crippen molar-refractivity contribution in [2.45, 2.75) is 115 Å². The number of carbonyl (C=O) groups excluding carboxylic acids is 4. The second-order valence-corrected chi connectivity index (χ2v) is 13.4. The Labute approximate surface area is 366 Å². The molecule has 0 atom stereocenters. The van der Waals surface area contributed by atoms with E-state index in [1.165, 1.54) is 20.0 Å². The van der Waals surface area contributed by atoms with Gasteiger partial charge in [-0.25, -0.2) is 9.78 Å². The summed E-state index contributed by atoms with van der Waals surface area (Å²) < 4.78 is 4.47. The number of methoxy groups -OCH3 is 1. The summed E-state index contributed by atoms with van der Waals surface area (Å²) in [6, 6.07) is 22.6. The zero-order valence-electron chi connectivity index (χ0n) is 39.1. The largest absolute Gasteiger partial charge is 0.453 e. The molecule has 4 rings (SSSR count). The first-order valence-electron chi connectivity index (χ1n) is 21.9. The van der Waals surface area contributed by atoms with Crippen molar-refractivity contribution in [1.82, 2.24) is 36.1 Å². The highest BCUT2D eigenvalue weighted by atomic mass is 16.5. The molecule has 0 bridgehead atoms. The van der Waals surface area contributed by atoms with Crippen LogP contribution in [0.2, 0.25) is 0 Å². The number of aromatic nitrogens is 2. The molecule has 4 aromatic rings. The van der Waals surface area contributed by atoms with Crippen molar-refractivity contribution in [3.63, 3.8) is 0 Å². The van der Waals surface area contributed by atoms with E-state index in [1.54, 1.807) is 4.90 Å². The zero-order valence-corrected chi connectivity index (χ0v) is 39.1. The van der Waals surface area contributed by atoms with Crippen LogP contribution in [-0.4, -0.2) is 72.0 Å². The number of aromatic amines is 1. The van der Waals surface area contributed by atoms with E-state index in [4.69, 9.17) is 0 Å². The maximum absolute atomic E-state index is 12.8. The summed E-state index contributed by atoms with van der Waals surface area (Å²) in [6.45, 7) is 27.5. The number of ether oxygens (including phenoxy) is 1. The molecule has 0 aliphatic carbocycles. The molecule has 0 fully saturated rings. The summed E-state index contributed by atoms with van der Waals surface area (Å²) in [5, 5.41) is 11.1. The van der Waals surface area contributed by atoms with Crippen molar-refractivity contribution >= 4 is 40.5 Å². The maximum atomic E-state index is 12.8. The van der Waals surface area contributed by atoms with E-state index in [9.17, 15) is 19.2 Å². The summed E-state index contributed by atoms with van der Waals surface area (Å²) in [6.07, 6.45) is 5.74. The molecule has 4 amide bonds. The minimum absolute atomic E-state index is 0.0194. The highest BCUT2D eigenvalue weighted by molar-refractivity contribution is 5.85. The van der Waals surface area contributed by atoms with Crippen LogP contribution in [0.25, 0.3) is 39.0 Å². The third kappa shape index (κ3) is 20.8. The van der Waals surface area contributed by atoms with E-state index in [0.717, 1.165) is 57.4 Å². The van der Waals surface area contributed by atoms with Crippen LogP contribution in [0.5, 0.6) is 0 Å². The van der Waals surface area contributed by atoms with Crippen molar-refractivity contribution in [3.8, 4) is 22.3 Å². The van der Waals surface area contributed by atoms with Crippen LogP contribution in [0, 0.1) is 0 Å². The van der Waals surface area contributed by atoms with E-state index in [-0.39, 0.29) is 37.4 Å². The summed E-state index contributed by atoms with van der Waals surface area (Å²) >= 11 is 0. The topological polar surface area (TPSA) is 158 Å². The Morgan fingerprint density at radius 2 is 1.28 bits per heavy atom. The lowest BCUT2D eigenvalue weighted by atomic mass is 9.99. The predicted molar refractivity (Wildman–Crippen MR) is 255 cm³/mol. The van der Waals surface area contributed by atoms with E-state index in [1.807, 2.05) is 72.7 Å². The Morgan fingerprint density at radius 1 is 0.738 bits per heavy atom. The van der Waals surface area contributed by atoms with Crippen molar-refractivity contribution in [1.29, 1.82) is 0 Å². The molecule has 0 radical (unpaired) electrons. The van der Waals surface area contributed by atoms with Crippen LogP contribution in [0.15, 0.2) is 85.1 Å². The summed E-state index contributed by atoms with van der Waals surface area (Å²) in [7, 11) is 1.24. The number of alkyl carbamates (subject to hydrolysis) is 1. The number of benzene rings is 3. The Hall–Kier alpha value is -5.91. The van der Waals surface area contributed by atoms with Gasteiger partial charge in [0.15, 0.2) is 0 Å². The number of nitrogens with zero attached hydrogens (tertiary/aromatic N) is 2. The Balaban J connectivity index is 0.00000330. The number of H-pyrrole nitrogens is 1. The van der Waals surface area contributed by atoms with Crippen LogP contribution in [-0.2, 0) is 25.7 Å². The second-order valence-electron chi connectivity index (χ2n) is 13.4. The molecule has 1 heterocycles.